The van der Waals surface area contributed by atoms with E-state index in [4.69, 9.17) is 14.0 Å². The highest BCUT2D eigenvalue weighted by atomic mass is 16.5. The molecule has 0 bridgehead atoms. The molecular weight excluding hydrogens is 332 g/mol. The highest BCUT2D eigenvalue weighted by Gasteiger charge is 2.21. The topological polar surface area (TPSA) is 74.5 Å². The van der Waals surface area contributed by atoms with E-state index in [9.17, 15) is 4.79 Å². The predicted octanol–water partition coefficient (Wildman–Crippen LogP) is 3.98. The molecule has 0 saturated carbocycles. The van der Waals surface area contributed by atoms with Gasteiger partial charge in [0.1, 0.15) is 5.75 Å². The smallest absolute Gasteiger partial charge is 0.313 e. The zero-order chi connectivity index (χ0) is 18.4. The number of hydrogen-bond acceptors (Lipinski definition) is 6. The lowest BCUT2D eigenvalue weighted by atomic mass is 9.97. The Balaban J connectivity index is 1.63. The molecule has 0 spiro atoms. The molecule has 0 fully saturated rings. The van der Waals surface area contributed by atoms with Crippen LogP contribution in [-0.2, 0) is 16.1 Å². The van der Waals surface area contributed by atoms with Crippen molar-refractivity contribution in [2.24, 2.45) is 0 Å². The molecule has 6 nitrogen and oxygen atoms in total. The molecule has 0 N–H and O–H groups in total. The van der Waals surface area contributed by atoms with Gasteiger partial charge in [0, 0.05) is 5.56 Å². The van der Waals surface area contributed by atoms with Gasteiger partial charge in [-0.2, -0.15) is 4.98 Å². The van der Waals surface area contributed by atoms with E-state index in [1.54, 1.807) is 7.11 Å². The second kappa shape index (κ2) is 8.29. The third-order valence-electron chi connectivity index (χ3n) is 4.04. The Morgan fingerprint density at radius 2 is 1.85 bits per heavy atom. The lowest BCUT2D eigenvalue weighted by Gasteiger charge is -2.13. The number of carbonyl (C=O) groups is 1. The SMILES string of the molecule is CCC(C(=O)OCc1noc(-c2ccc(OC)cc2)n1)c1ccccc1. The number of hydrogen-bond donors (Lipinski definition) is 0. The number of aromatic nitrogens is 2. The van der Waals surface area contributed by atoms with E-state index in [2.05, 4.69) is 10.1 Å². The van der Waals surface area contributed by atoms with E-state index in [-0.39, 0.29) is 18.5 Å². The highest BCUT2D eigenvalue weighted by molar-refractivity contribution is 5.78. The van der Waals surface area contributed by atoms with E-state index >= 15 is 0 Å². The maximum absolute atomic E-state index is 12.4. The first kappa shape index (κ1) is 17.7. The van der Waals surface area contributed by atoms with E-state index in [0.29, 0.717) is 18.1 Å². The molecule has 134 valence electrons. The zero-order valence-corrected chi connectivity index (χ0v) is 14.7. The molecule has 1 heterocycles. The Morgan fingerprint density at radius 1 is 1.12 bits per heavy atom. The summed E-state index contributed by atoms with van der Waals surface area (Å²) in [5, 5.41) is 3.87. The summed E-state index contributed by atoms with van der Waals surface area (Å²) in [6.45, 7) is 1.93. The Bertz CT molecular complexity index is 844. The van der Waals surface area contributed by atoms with Gasteiger partial charge in [0.2, 0.25) is 5.82 Å². The maximum atomic E-state index is 12.4. The van der Waals surface area contributed by atoms with Gasteiger partial charge in [0.05, 0.1) is 13.0 Å². The molecule has 0 aliphatic rings. The minimum absolute atomic E-state index is 0.0260. The van der Waals surface area contributed by atoms with Crippen molar-refractivity contribution in [2.75, 3.05) is 7.11 Å². The fourth-order valence-corrected chi connectivity index (χ4v) is 2.62. The van der Waals surface area contributed by atoms with E-state index in [1.165, 1.54) is 0 Å². The van der Waals surface area contributed by atoms with Crippen LogP contribution < -0.4 is 4.74 Å². The number of carbonyl (C=O) groups excluding carboxylic acids is 1. The third-order valence-corrected chi connectivity index (χ3v) is 4.04. The number of esters is 1. The van der Waals surface area contributed by atoms with Crippen molar-refractivity contribution in [3.8, 4) is 17.2 Å². The Kier molecular flexibility index (Phi) is 5.63. The summed E-state index contributed by atoms with van der Waals surface area (Å²) in [7, 11) is 1.60. The van der Waals surface area contributed by atoms with Gasteiger partial charge in [-0.05, 0) is 36.2 Å². The molecule has 1 atom stereocenters. The van der Waals surface area contributed by atoms with E-state index in [0.717, 1.165) is 16.9 Å². The van der Waals surface area contributed by atoms with Crippen molar-refractivity contribution in [3.63, 3.8) is 0 Å². The van der Waals surface area contributed by atoms with Gasteiger partial charge in [-0.3, -0.25) is 4.79 Å². The van der Waals surface area contributed by atoms with Crippen LogP contribution in [0, 0.1) is 0 Å². The minimum atomic E-state index is -0.302. The number of rotatable bonds is 7. The van der Waals surface area contributed by atoms with Crippen LogP contribution in [0.4, 0.5) is 0 Å². The fraction of sp³-hybridized carbons (Fsp3) is 0.250. The largest absolute Gasteiger partial charge is 0.497 e. The van der Waals surface area contributed by atoms with Gasteiger partial charge >= 0.3 is 5.97 Å². The van der Waals surface area contributed by atoms with Gasteiger partial charge < -0.3 is 14.0 Å². The fourth-order valence-electron chi connectivity index (χ4n) is 2.62. The van der Waals surface area contributed by atoms with Crippen LogP contribution in [-0.4, -0.2) is 23.2 Å². The Hall–Kier alpha value is -3.15. The summed E-state index contributed by atoms with van der Waals surface area (Å²) >= 11 is 0. The van der Waals surface area contributed by atoms with Crippen molar-refractivity contribution >= 4 is 5.97 Å². The molecule has 3 rings (SSSR count). The summed E-state index contributed by atoms with van der Waals surface area (Å²) in [6, 6.07) is 16.8. The Labute approximate surface area is 151 Å². The summed E-state index contributed by atoms with van der Waals surface area (Å²) in [5.74, 6) is 0.841. The Morgan fingerprint density at radius 3 is 2.50 bits per heavy atom. The molecule has 0 aliphatic carbocycles. The standard InChI is InChI=1S/C20H20N2O4/c1-3-17(14-7-5-4-6-8-14)20(23)25-13-18-21-19(26-22-18)15-9-11-16(24-2)12-10-15/h4-12,17H,3,13H2,1-2H3. The van der Waals surface area contributed by atoms with Crippen LogP contribution in [0.1, 0.15) is 30.7 Å². The van der Waals surface area contributed by atoms with Crippen LogP contribution >= 0.6 is 0 Å². The molecule has 0 saturated heterocycles. The van der Waals surface area contributed by atoms with E-state index in [1.807, 2.05) is 61.5 Å². The zero-order valence-electron chi connectivity index (χ0n) is 14.7. The summed E-state index contributed by atoms with van der Waals surface area (Å²) < 4.78 is 15.7. The molecule has 26 heavy (non-hydrogen) atoms. The van der Waals surface area contributed by atoms with E-state index < -0.39 is 0 Å². The van der Waals surface area contributed by atoms with Gasteiger partial charge in [-0.15, -0.1) is 0 Å². The second-order valence-electron chi connectivity index (χ2n) is 5.72. The van der Waals surface area contributed by atoms with Crippen molar-refractivity contribution in [3.05, 3.63) is 66.0 Å². The monoisotopic (exact) mass is 352 g/mol. The summed E-state index contributed by atoms with van der Waals surface area (Å²) in [5.41, 5.74) is 1.71. The number of nitrogens with zero attached hydrogens (tertiary/aromatic N) is 2. The normalized spacial score (nSPS) is 11.8. The van der Waals surface area contributed by atoms with Crippen molar-refractivity contribution in [1.29, 1.82) is 0 Å². The molecule has 6 heteroatoms. The van der Waals surface area contributed by atoms with Crippen molar-refractivity contribution in [1.82, 2.24) is 10.1 Å². The number of ether oxygens (including phenoxy) is 2. The van der Waals surface area contributed by atoms with Crippen molar-refractivity contribution in [2.45, 2.75) is 25.9 Å². The average molecular weight is 352 g/mol. The lowest BCUT2D eigenvalue weighted by Crippen LogP contribution is -2.15. The first-order valence-electron chi connectivity index (χ1n) is 8.40. The molecule has 0 aliphatic heterocycles. The maximum Gasteiger partial charge on any atom is 0.313 e. The summed E-state index contributed by atoms with van der Waals surface area (Å²) in [6.07, 6.45) is 0.659. The summed E-state index contributed by atoms with van der Waals surface area (Å²) in [4.78, 5) is 16.6. The first-order valence-corrected chi connectivity index (χ1v) is 8.40. The molecule has 1 unspecified atom stereocenters. The molecule has 2 aromatic carbocycles. The van der Waals surface area contributed by atoms with Crippen molar-refractivity contribution < 1.29 is 18.8 Å². The molecule has 0 amide bonds. The van der Waals surface area contributed by atoms with Crippen LogP contribution in [0.5, 0.6) is 5.75 Å². The highest BCUT2D eigenvalue weighted by Crippen LogP contribution is 2.23. The third kappa shape index (κ3) is 4.08. The van der Waals surface area contributed by atoms with Crippen LogP contribution in [0.2, 0.25) is 0 Å². The van der Waals surface area contributed by atoms with Crippen LogP contribution in [0.25, 0.3) is 11.5 Å². The van der Waals surface area contributed by atoms with Crippen LogP contribution in [0.3, 0.4) is 0 Å². The number of benzene rings is 2. The lowest BCUT2D eigenvalue weighted by molar-refractivity contribution is -0.147. The van der Waals surface area contributed by atoms with Gasteiger partial charge in [-0.1, -0.05) is 42.4 Å². The predicted molar refractivity (Wildman–Crippen MR) is 95.6 cm³/mol. The second-order valence-corrected chi connectivity index (χ2v) is 5.72. The molecule has 1 aromatic heterocycles. The van der Waals surface area contributed by atoms with Gasteiger partial charge in [-0.25, -0.2) is 0 Å². The average Bonchev–Trinajstić information content (AvgIpc) is 3.17. The van der Waals surface area contributed by atoms with Gasteiger partial charge in [0.25, 0.3) is 5.89 Å². The molecule has 3 aromatic rings. The first-order chi connectivity index (χ1) is 12.7. The number of methoxy groups -OCH3 is 1. The molecule has 0 radical (unpaired) electrons. The molecular formula is C20H20N2O4. The van der Waals surface area contributed by atoms with Crippen LogP contribution in [0.15, 0.2) is 59.1 Å². The van der Waals surface area contributed by atoms with Gasteiger partial charge in [0.15, 0.2) is 6.61 Å². The minimum Gasteiger partial charge on any atom is -0.497 e. The quantitative estimate of drug-likeness (QED) is 0.599.